The van der Waals surface area contributed by atoms with Crippen molar-refractivity contribution in [2.45, 2.75) is 32.9 Å². The van der Waals surface area contributed by atoms with E-state index in [1.807, 2.05) is 4.68 Å². The zero-order valence-corrected chi connectivity index (χ0v) is 11.1. The van der Waals surface area contributed by atoms with Gasteiger partial charge in [-0.15, -0.1) is 0 Å². The van der Waals surface area contributed by atoms with E-state index in [0.29, 0.717) is 5.56 Å². The minimum Gasteiger partial charge on any atom is -0.270 e. The Morgan fingerprint density at radius 3 is 2.89 bits per heavy atom. The van der Waals surface area contributed by atoms with Crippen LogP contribution in [-0.2, 0) is 6.54 Å². The highest BCUT2D eigenvalue weighted by molar-refractivity contribution is 5.29. The summed E-state index contributed by atoms with van der Waals surface area (Å²) in [6.45, 7) is 4.56. The van der Waals surface area contributed by atoms with Gasteiger partial charge in [0.25, 0.3) is 0 Å². The molecule has 1 aromatic heterocycles. The average molecular weight is 263 g/mol. The van der Waals surface area contributed by atoms with Gasteiger partial charge in [0, 0.05) is 6.54 Å². The summed E-state index contributed by atoms with van der Waals surface area (Å²) in [6, 6.07) is 4.62. The first-order chi connectivity index (χ1) is 9.17. The van der Waals surface area contributed by atoms with E-state index in [9.17, 15) is 4.39 Å². The molecule has 0 aliphatic rings. The number of aromatic nitrogens is 3. The Morgan fingerprint density at radius 1 is 1.47 bits per heavy atom. The lowest BCUT2D eigenvalue weighted by Gasteiger charge is -2.17. The second-order valence-electron chi connectivity index (χ2n) is 4.45. The largest absolute Gasteiger partial charge is 0.270 e. The number of aryl methyl sites for hydroxylation is 2. The van der Waals surface area contributed by atoms with Gasteiger partial charge in [0.15, 0.2) is 0 Å². The number of rotatable bonds is 5. The summed E-state index contributed by atoms with van der Waals surface area (Å²) in [6.07, 6.45) is 2.46. The molecule has 0 saturated heterocycles. The van der Waals surface area contributed by atoms with E-state index < -0.39 is 0 Å². The van der Waals surface area contributed by atoms with Gasteiger partial charge in [0.2, 0.25) is 0 Å². The molecule has 0 bridgehead atoms. The number of benzene rings is 1. The standard InChI is InChI=1S/C13H18FN5/c1-3-6-19-13(16-8-17-19)12(18-15)10-4-5-11(14)9(2)7-10/h4-5,7-8,12,18H,3,6,15H2,1-2H3. The third-order valence-electron chi connectivity index (χ3n) is 3.02. The summed E-state index contributed by atoms with van der Waals surface area (Å²) in [5.74, 6) is 6.13. The molecular weight excluding hydrogens is 245 g/mol. The van der Waals surface area contributed by atoms with Crippen molar-refractivity contribution in [1.82, 2.24) is 20.2 Å². The van der Waals surface area contributed by atoms with Gasteiger partial charge in [-0.1, -0.05) is 19.1 Å². The molecule has 0 aliphatic heterocycles. The Morgan fingerprint density at radius 2 is 2.26 bits per heavy atom. The van der Waals surface area contributed by atoms with Crippen LogP contribution in [-0.4, -0.2) is 14.8 Å². The van der Waals surface area contributed by atoms with Gasteiger partial charge < -0.3 is 0 Å². The van der Waals surface area contributed by atoms with E-state index in [4.69, 9.17) is 5.84 Å². The molecule has 3 N–H and O–H groups in total. The van der Waals surface area contributed by atoms with Crippen molar-refractivity contribution in [3.63, 3.8) is 0 Å². The third-order valence-corrected chi connectivity index (χ3v) is 3.02. The lowest BCUT2D eigenvalue weighted by molar-refractivity contribution is 0.510. The van der Waals surface area contributed by atoms with Gasteiger partial charge in [-0.05, 0) is 30.5 Å². The van der Waals surface area contributed by atoms with Crippen molar-refractivity contribution in [1.29, 1.82) is 0 Å². The van der Waals surface area contributed by atoms with Crippen LogP contribution < -0.4 is 11.3 Å². The predicted octanol–water partition coefficient (Wildman–Crippen LogP) is 1.69. The van der Waals surface area contributed by atoms with Crippen molar-refractivity contribution in [2.75, 3.05) is 0 Å². The summed E-state index contributed by atoms with van der Waals surface area (Å²) in [7, 11) is 0. The third kappa shape index (κ3) is 2.80. The van der Waals surface area contributed by atoms with Gasteiger partial charge in [0.05, 0.1) is 0 Å². The predicted molar refractivity (Wildman–Crippen MR) is 70.6 cm³/mol. The number of nitrogens with two attached hydrogens (primary N) is 1. The Kier molecular flexibility index (Phi) is 4.24. The Hall–Kier alpha value is -1.79. The van der Waals surface area contributed by atoms with E-state index in [1.54, 1.807) is 19.1 Å². The van der Waals surface area contributed by atoms with Crippen molar-refractivity contribution in [2.24, 2.45) is 5.84 Å². The molecule has 0 spiro atoms. The second-order valence-corrected chi connectivity index (χ2v) is 4.45. The molecule has 19 heavy (non-hydrogen) atoms. The van der Waals surface area contributed by atoms with E-state index in [0.717, 1.165) is 24.4 Å². The highest BCUT2D eigenvalue weighted by atomic mass is 19.1. The van der Waals surface area contributed by atoms with E-state index >= 15 is 0 Å². The monoisotopic (exact) mass is 263 g/mol. The highest BCUT2D eigenvalue weighted by Gasteiger charge is 2.19. The molecule has 0 amide bonds. The fraction of sp³-hybridized carbons (Fsp3) is 0.385. The van der Waals surface area contributed by atoms with Crippen molar-refractivity contribution < 1.29 is 4.39 Å². The molecule has 0 fully saturated rings. The van der Waals surface area contributed by atoms with Crippen LogP contribution in [0.2, 0.25) is 0 Å². The summed E-state index contributed by atoms with van der Waals surface area (Å²) in [5, 5.41) is 4.18. The molecule has 1 atom stereocenters. The minimum atomic E-state index is -0.298. The summed E-state index contributed by atoms with van der Waals surface area (Å²) >= 11 is 0. The quantitative estimate of drug-likeness (QED) is 0.636. The lowest BCUT2D eigenvalue weighted by Crippen LogP contribution is -2.31. The molecular formula is C13H18FN5. The molecule has 2 rings (SSSR count). The molecule has 5 nitrogen and oxygen atoms in total. The molecule has 2 aromatic rings. The van der Waals surface area contributed by atoms with Crippen LogP contribution >= 0.6 is 0 Å². The smallest absolute Gasteiger partial charge is 0.149 e. The Balaban J connectivity index is 2.38. The molecule has 1 aromatic carbocycles. The van der Waals surface area contributed by atoms with E-state index in [2.05, 4.69) is 22.4 Å². The van der Waals surface area contributed by atoms with Crippen LogP contribution in [0.5, 0.6) is 0 Å². The number of hydrazine groups is 1. The van der Waals surface area contributed by atoms with Crippen LogP contribution in [0.15, 0.2) is 24.5 Å². The fourth-order valence-corrected chi connectivity index (χ4v) is 2.05. The molecule has 102 valence electrons. The van der Waals surface area contributed by atoms with E-state index in [-0.39, 0.29) is 11.9 Å². The number of hydrogen-bond donors (Lipinski definition) is 2. The first-order valence-corrected chi connectivity index (χ1v) is 6.27. The molecule has 6 heteroatoms. The van der Waals surface area contributed by atoms with Crippen LogP contribution in [0.3, 0.4) is 0 Å². The van der Waals surface area contributed by atoms with Crippen LogP contribution in [0.25, 0.3) is 0 Å². The first kappa shape index (κ1) is 13.6. The average Bonchev–Trinajstić information content (AvgIpc) is 2.83. The van der Waals surface area contributed by atoms with Crippen molar-refractivity contribution >= 4 is 0 Å². The topological polar surface area (TPSA) is 68.8 Å². The zero-order valence-electron chi connectivity index (χ0n) is 11.1. The van der Waals surface area contributed by atoms with Crippen LogP contribution in [0.1, 0.15) is 36.3 Å². The Bertz CT molecular complexity index is 552. The lowest BCUT2D eigenvalue weighted by atomic mass is 10.0. The van der Waals surface area contributed by atoms with Crippen molar-refractivity contribution in [3.05, 3.63) is 47.3 Å². The normalized spacial score (nSPS) is 12.6. The number of hydrogen-bond acceptors (Lipinski definition) is 4. The Labute approximate surface area is 111 Å². The summed E-state index contributed by atoms with van der Waals surface area (Å²) < 4.78 is 15.1. The maximum Gasteiger partial charge on any atom is 0.149 e. The maximum atomic E-state index is 13.3. The van der Waals surface area contributed by atoms with Crippen LogP contribution in [0.4, 0.5) is 4.39 Å². The molecule has 1 unspecified atom stereocenters. The van der Waals surface area contributed by atoms with Gasteiger partial charge in [-0.25, -0.2) is 19.5 Å². The number of nitrogens with one attached hydrogen (secondary N) is 1. The van der Waals surface area contributed by atoms with Crippen LogP contribution in [0, 0.1) is 12.7 Å². The summed E-state index contributed by atoms with van der Waals surface area (Å²) in [5.41, 5.74) is 4.17. The minimum absolute atomic E-state index is 0.227. The second kappa shape index (κ2) is 5.90. The van der Waals surface area contributed by atoms with E-state index in [1.165, 1.54) is 12.4 Å². The first-order valence-electron chi connectivity index (χ1n) is 6.27. The number of nitrogens with zero attached hydrogens (tertiary/aromatic N) is 3. The maximum absolute atomic E-state index is 13.3. The molecule has 1 heterocycles. The molecule has 0 radical (unpaired) electrons. The fourth-order valence-electron chi connectivity index (χ4n) is 2.05. The van der Waals surface area contributed by atoms with Gasteiger partial charge in [-0.3, -0.25) is 5.84 Å². The number of halogens is 1. The van der Waals surface area contributed by atoms with Gasteiger partial charge in [0.1, 0.15) is 24.0 Å². The van der Waals surface area contributed by atoms with Crippen molar-refractivity contribution in [3.8, 4) is 0 Å². The molecule has 0 aliphatic carbocycles. The highest BCUT2D eigenvalue weighted by Crippen LogP contribution is 2.21. The summed E-state index contributed by atoms with van der Waals surface area (Å²) in [4.78, 5) is 4.25. The van der Waals surface area contributed by atoms with Gasteiger partial charge >= 0.3 is 0 Å². The SMILES string of the molecule is CCCn1ncnc1C(NN)c1ccc(F)c(C)c1. The molecule has 0 saturated carbocycles. The zero-order chi connectivity index (χ0) is 13.8. The van der Waals surface area contributed by atoms with Gasteiger partial charge in [-0.2, -0.15) is 5.10 Å².